The molecule has 0 spiro atoms. The van der Waals surface area contributed by atoms with Crippen LogP contribution in [-0.2, 0) is 24.2 Å². The summed E-state index contributed by atoms with van der Waals surface area (Å²) in [4.78, 5) is 24.0. The van der Waals surface area contributed by atoms with Crippen molar-refractivity contribution in [1.29, 1.82) is 0 Å². The molecule has 0 aliphatic heterocycles. The molecule has 26 heavy (non-hydrogen) atoms. The van der Waals surface area contributed by atoms with Crippen molar-refractivity contribution in [3.8, 4) is 5.75 Å². The molecule has 0 radical (unpaired) electrons. The molecule has 4 rings (SSSR count). The molecule has 1 aliphatic carbocycles. The lowest BCUT2D eigenvalue weighted by atomic mass is 10.1. The molecule has 1 aliphatic rings. The Labute approximate surface area is 150 Å². The van der Waals surface area contributed by atoms with Gasteiger partial charge >= 0.3 is 5.63 Å². The van der Waals surface area contributed by atoms with Crippen LogP contribution >= 0.6 is 0 Å². The summed E-state index contributed by atoms with van der Waals surface area (Å²) in [5.74, 6) is 0.304. The lowest BCUT2D eigenvalue weighted by Crippen LogP contribution is -2.28. The number of ether oxygens (including phenoxy) is 1. The number of nitrogens with one attached hydrogen (secondary N) is 1. The number of carbonyl (C=O) groups excluding carboxylic acids is 1. The first kappa shape index (κ1) is 16.4. The third kappa shape index (κ3) is 3.33. The summed E-state index contributed by atoms with van der Waals surface area (Å²) in [5, 5.41) is 3.77. The minimum Gasteiger partial charge on any atom is -0.484 e. The molecular weight excluding hydrogens is 330 g/mol. The van der Waals surface area contributed by atoms with Crippen molar-refractivity contribution < 1.29 is 13.9 Å². The number of hydrogen-bond donors (Lipinski definition) is 1. The van der Waals surface area contributed by atoms with E-state index in [1.165, 1.54) is 0 Å². The van der Waals surface area contributed by atoms with Gasteiger partial charge in [-0.2, -0.15) is 0 Å². The van der Waals surface area contributed by atoms with Gasteiger partial charge in [-0.3, -0.25) is 4.79 Å². The van der Waals surface area contributed by atoms with Crippen molar-refractivity contribution in [2.24, 2.45) is 0 Å². The third-order valence-corrected chi connectivity index (χ3v) is 4.65. The van der Waals surface area contributed by atoms with Crippen molar-refractivity contribution in [1.82, 2.24) is 5.32 Å². The molecule has 5 nitrogen and oxygen atoms in total. The van der Waals surface area contributed by atoms with Crippen molar-refractivity contribution in [2.75, 3.05) is 6.61 Å². The molecule has 132 valence electrons. The predicted molar refractivity (Wildman–Crippen MR) is 98.3 cm³/mol. The average Bonchev–Trinajstić information content (AvgIpc) is 3.16. The van der Waals surface area contributed by atoms with Crippen LogP contribution in [0.3, 0.4) is 0 Å². The van der Waals surface area contributed by atoms with E-state index in [1.54, 1.807) is 6.07 Å². The number of hydrogen-bond acceptors (Lipinski definition) is 4. The zero-order valence-electron chi connectivity index (χ0n) is 14.3. The second-order valence-corrected chi connectivity index (χ2v) is 6.41. The Hall–Kier alpha value is -3.08. The van der Waals surface area contributed by atoms with E-state index in [0.29, 0.717) is 17.9 Å². The van der Waals surface area contributed by atoms with Gasteiger partial charge in [-0.25, -0.2) is 4.79 Å². The highest BCUT2D eigenvalue weighted by Crippen LogP contribution is 2.29. The summed E-state index contributed by atoms with van der Waals surface area (Å²) in [6.45, 7) is 0.370. The van der Waals surface area contributed by atoms with Gasteiger partial charge in [0.15, 0.2) is 6.61 Å². The van der Waals surface area contributed by atoms with Crippen LogP contribution < -0.4 is 15.7 Å². The summed E-state index contributed by atoms with van der Waals surface area (Å²) in [7, 11) is 0. The van der Waals surface area contributed by atoms with E-state index < -0.39 is 0 Å². The van der Waals surface area contributed by atoms with Crippen LogP contribution in [-0.4, -0.2) is 12.5 Å². The third-order valence-electron chi connectivity index (χ3n) is 4.65. The van der Waals surface area contributed by atoms with Gasteiger partial charge in [-0.1, -0.05) is 30.3 Å². The number of rotatable bonds is 5. The smallest absolute Gasteiger partial charge is 0.339 e. The highest BCUT2D eigenvalue weighted by molar-refractivity contribution is 5.83. The molecule has 3 aromatic rings. The number of amides is 1. The minimum atomic E-state index is -0.261. The van der Waals surface area contributed by atoms with E-state index in [-0.39, 0.29) is 18.1 Å². The Morgan fingerprint density at radius 1 is 1.08 bits per heavy atom. The molecule has 0 saturated heterocycles. The summed E-state index contributed by atoms with van der Waals surface area (Å²) in [6, 6.07) is 15.1. The monoisotopic (exact) mass is 349 g/mol. The molecule has 1 aromatic heterocycles. The number of fused-ring (bicyclic) bond motifs is 3. The topological polar surface area (TPSA) is 68.5 Å². The summed E-state index contributed by atoms with van der Waals surface area (Å²) >= 11 is 0. The van der Waals surface area contributed by atoms with E-state index >= 15 is 0 Å². The summed E-state index contributed by atoms with van der Waals surface area (Å²) in [6.07, 6.45) is 2.67. The summed E-state index contributed by atoms with van der Waals surface area (Å²) < 4.78 is 11.0. The van der Waals surface area contributed by atoms with Crippen LogP contribution in [0.4, 0.5) is 0 Å². The predicted octanol–water partition coefficient (Wildman–Crippen LogP) is 2.98. The summed E-state index contributed by atoms with van der Waals surface area (Å²) in [5.41, 5.74) is 3.16. The number of benzene rings is 2. The van der Waals surface area contributed by atoms with Crippen LogP contribution in [0.25, 0.3) is 11.0 Å². The van der Waals surface area contributed by atoms with E-state index in [4.69, 9.17) is 9.15 Å². The van der Waals surface area contributed by atoms with Gasteiger partial charge in [0.1, 0.15) is 11.3 Å². The maximum absolute atomic E-state index is 12.1. The maximum Gasteiger partial charge on any atom is 0.339 e. The zero-order chi connectivity index (χ0) is 17.9. The van der Waals surface area contributed by atoms with Crippen LogP contribution in [0.2, 0.25) is 0 Å². The second-order valence-electron chi connectivity index (χ2n) is 6.41. The van der Waals surface area contributed by atoms with Gasteiger partial charge in [0, 0.05) is 23.6 Å². The maximum atomic E-state index is 12.1. The van der Waals surface area contributed by atoms with Crippen molar-refractivity contribution in [2.45, 2.75) is 25.8 Å². The molecule has 0 atom stereocenters. The Morgan fingerprint density at radius 3 is 2.73 bits per heavy atom. The van der Waals surface area contributed by atoms with Gasteiger partial charge in [-0.15, -0.1) is 0 Å². The fraction of sp³-hybridized carbons (Fsp3) is 0.238. The van der Waals surface area contributed by atoms with Gasteiger partial charge in [0.2, 0.25) is 0 Å². The Balaban J connectivity index is 1.42. The van der Waals surface area contributed by atoms with Gasteiger partial charge in [0.25, 0.3) is 5.91 Å². The van der Waals surface area contributed by atoms with Crippen molar-refractivity contribution >= 4 is 16.9 Å². The van der Waals surface area contributed by atoms with Gasteiger partial charge in [0.05, 0.1) is 0 Å². The highest BCUT2D eigenvalue weighted by Gasteiger charge is 2.19. The molecule has 5 heteroatoms. The van der Waals surface area contributed by atoms with Crippen LogP contribution in [0.15, 0.2) is 57.7 Å². The highest BCUT2D eigenvalue weighted by atomic mass is 16.5. The Kier molecular flexibility index (Phi) is 4.44. The molecule has 2 aromatic carbocycles. The quantitative estimate of drug-likeness (QED) is 0.719. The lowest BCUT2D eigenvalue weighted by Gasteiger charge is -2.09. The van der Waals surface area contributed by atoms with E-state index in [9.17, 15) is 9.59 Å². The fourth-order valence-electron chi connectivity index (χ4n) is 3.35. The number of aryl methyl sites for hydroxylation is 1. The van der Waals surface area contributed by atoms with Crippen LogP contribution in [0.5, 0.6) is 5.75 Å². The molecule has 0 fully saturated rings. The normalized spacial score (nSPS) is 12.8. The number of carbonyl (C=O) groups is 1. The SMILES string of the molecule is O=C(COc1ccc2c3c(c(=O)oc2c1)CCC3)NCc1ccccc1. The molecule has 0 bridgehead atoms. The van der Waals surface area contributed by atoms with Crippen molar-refractivity contribution in [3.05, 3.63) is 75.6 Å². The van der Waals surface area contributed by atoms with Crippen LogP contribution in [0.1, 0.15) is 23.1 Å². The van der Waals surface area contributed by atoms with E-state index in [1.807, 2.05) is 42.5 Å². The molecule has 0 unspecified atom stereocenters. The van der Waals surface area contributed by atoms with Gasteiger partial charge in [-0.05, 0) is 42.5 Å². The first-order chi connectivity index (χ1) is 12.7. The first-order valence-corrected chi connectivity index (χ1v) is 8.73. The van der Waals surface area contributed by atoms with E-state index in [0.717, 1.165) is 41.3 Å². The molecular formula is C21H19NO4. The molecule has 1 N–H and O–H groups in total. The van der Waals surface area contributed by atoms with Crippen LogP contribution in [0, 0.1) is 0 Å². The van der Waals surface area contributed by atoms with Crippen molar-refractivity contribution in [3.63, 3.8) is 0 Å². The molecule has 1 heterocycles. The van der Waals surface area contributed by atoms with E-state index in [2.05, 4.69) is 5.32 Å². The average molecular weight is 349 g/mol. The standard InChI is InChI=1S/C21H19NO4/c23-20(22-12-14-5-2-1-3-6-14)13-25-15-9-10-17-16-7-4-8-18(16)21(24)26-19(17)11-15/h1-3,5-6,9-11H,4,7-8,12-13H2,(H,22,23). The second kappa shape index (κ2) is 7.04. The van der Waals surface area contributed by atoms with Gasteiger partial charge < -0.3 is 14.5 Å². The first-order valence-electron chi connectivity index (χ1n) is 8.73. The molecule has 0 saturated carbocycles. The Bertz CT molecular complexity index is 1010. The minimum absolute atomic E-state index is 0.0898. The lowest BCUT2D eigenvalue weighted by molar-refractivity contribution is -0.123. The molecule has 1 amide bonds. The zero-order valence-corrected chi connectivity index (χ0v) is 14.3. The fourth-order valence-corrected chi connectivity index (χ4v) is 3.35. The Morgan fingerprint density at radius 2 is 1.88 bits per heavy atom. The largest absolute Gasteiger partial charge is 0.484 e.